The van der Waals surface area contributed by atoms with Gasteiger partial charge in [0.25, 0.3) is 0 Å². The zero-order valence-electron chi connectivity index (χ0n) is 17.1. The Kier molecular flexibility index (Phi) is 4.24. The van der Waals surface area contributed by atoms with Crippen molar-refractivity contribution >= 4 is 10.9 Å². The summed E-state index contributed by atoms with van der Waals surface area (Å²) in [5.74, 6) is 0.892. The van der Waals surface area contributed by atoms with Gasteiger partial charge in [0.1, 0.15) is 0 Å². The molecule has 4 aromatic rings. The van der Waals surface area contributed by atoms with E-state index >= 15 is 0 Å². The molecule has 5 rings (SSSR count). The van der Waals surface area contributed by atoms with Crippen molar-refractivity contribution in [3.8, 4) is 0 Å². The van der Waals surface area contributed by atoms with Crippen LogP contribution >= 0.6 is 0 Å². The molecule has 148 valence electrons. The number of para-hydroxylation sites is 1. The van der Waals surface area contributed by atoms with E-state index in [0.29, 0.717) is 0 Å². The zero-order chi connectivity index (χ0) is 20.0. The lowest BCUT2D eigenvalue weighted by molar-refractivity contribution is 0.184. The van der Waals surface area contributed by atoms with Crippen molar-refractivity contribution in [1.82, 2.24) is 30.1 Å². The molecular formula is C23H26N6. The second-order valence-electron chi connectivity index (χ2n) is 8.78. The second kappa shape index (κ2) is 6.81. The highest BCUT2D eigenvalue weighted by atomic mass is 15.6. The topological polar surface area (TPSA) is 62.6 Å². The van der Waals surface area contributed by atoms with Crippen molar-refractivity contribution in [3.05, 3.63) is 77.2 Å². The van der Waals surface area contributed by atoms with Gasteiger partial charge >= 0.3 is 0 Å². The van der Waals surface area contributed by atoms with Crippen LogP contribution in [0, 0.1) is 0 Å². The van der Waals surface area contributed by atoms with Crippen LogP contribution in [-0.2, 0) is 18.5 Å². The van der Waals surface area contributed by atoms with E-state index in [1.54, 1.807) is 0 Å². The molecule has 2 aromatic carbocycles. The van der Waals surface area contributed by atoms with E-state index < -0.39 is 0 Å². The molecule has 0 saturated heterocycles. The largest absolute Gasteiger partial charge is 0.357 e. The Morgan fingerprint density at radius 3 is 2.55 bits per heavy atom. The van der Waals surface area contributed by atoms with Gasteiger partial charge in [0.05, 0.1) is 11.6 Å². The molecule has 0 fully saturated rings. The first-order valence-corrected chi connectivity index (χ1v) is 10.2. The number of rotatable bonds is 3. The summed E-state index contributed by atoms with van der Waals surface area (Å²) >= 11 is 0. The molecule has 0 saturated carbocycles. The van der Waals surface area contributed by atoms with Gasteiger partial charge in [0.2, 0.25) is 0 Å². The third-order valence-electron chi connectivity index (χ3n) is 5.77. The van der Waals surface area contributed by atoms with Gasteiger partial charge in [-0.3, -0.25) is 4.90 Å². The normalized spacial score (nSPS) is 16.1. The summed E-state index contributed by atoms with van der Waals surface area (Å²) in [6.45, 7) is 8.23. The highest BCUT2D eigenvalue weighted by Gasteiger charge is 2.33. The molecule has 2 aromatic heterocycles. The average Bonchev–Trinajstić information content (AvgIpc) is 3.33. The standard InChI is InChI=1S/C23H26N6/c1-23(2,3)29-22(25-26-27-29)21(16-9-5-4-6-10-16)28-14-13-18-17-11-7-8-12-19(17)24-20(18)15-28/h4-12,21,24H,13-15H2,1-3H3. The number of H-pyrrole nitrogens is 1. The fourth-order valence-electron chi connectivity index (χ4n) is 4.44. The molecule has 0 bridgehead atoms. The predicted octanol–water partition coefficient (Wildman–Crippen LogP) is 4.06. The Hall–Kier alpha value is -2.99. The van der Waals surface area contributed by atoms with Gasteiger partial charge in [-0.1, -0.05) is 48.5 Å². The number of hydrogen-bond acceptors (Lipinski definition) is 4. The first-order valence-electron chi connectivity index (χ1n) is 10.2. The molecule has 1 aliphatic rings. The Labute approximate surface area is 170 Å². The summed E-state index contributed by atoms with van der Waals surface area (Å²) in [5.41, 5.74) is 4.99. The van der Waals surface area contributed by atoms with Crippen LogP contribution in [0.3, 0.4) is 0 Å². The van der Waals surface area contributed by atoms with Crippen LogP contribution < -0.4 is 0 Å². The molecule has 0 amide bonds. The number of tetrazole rings is 1. The van der Waals surface area contributed by atoms with Gasteiger partial charge in [-0.2, -0.15) is 0 Å². The van der Waals surface area contributed by atoms with Crippen molar-refractivity contribution in [2.24, 2.45) is 0 Å². The maximum atomic E-state index is 4.48. The minimum atomic E-state index is -0.187. The third-order valence-corrected chi connectivity index (χ3v) is 5.77. The van der Waals surface area contributed by atoms with Crippen molar-refractivity contribution in [2.45, 2.75) is 45.3 Å². The molecular weight excluding hydrogens is 360 g/mol. The Bertz CT molecular complexity index is 1140. The van der Waals surface area contributed by atoms with Gasteiger partial charge in [0.15, 0.2) is 5.82 Å². The maximum absolute atomic E-state index is 4.48. The molecule has 3 heterocycles. The van der Waals surface area contributed by atoms with E-state index in [-0.39, 0.29) is 11.6 Å². The fraction of sp³-hybridized carbons (Fsp3) is 0.348. The van der Waals surface area contributed by atoms with Gasteiger partial charge in [0, 0.05) is 29.7 Å². The molecule has 1 atom stereocenters. The van der Waals surface area contributed by atoms with Gasteiger partial charge in [-0.15, -0.1) is 5.10 Å². The quantitative estimate of drug-likeness (QED) is 0.577. The summed E-state index contributed by atoms with van der Waals surface area (Å²) in [5, 5.41) is 14.2. The van der Waals surface area contributed by atoms with E-state index in [2.05, 4.69) is 101 Å². The van der Waals surface area contributed by atoms with E-state index in [1.807, 2.05) is 4.68 Å². The molecule has 29 heavy (non-hydrogen) atoms. The highest BCUT2D eigenvalue weighted by molar-refractivity contribution is 5.84. The lowest BCUT2D eigenvalue weighted by Crippen LogP contribution is -2.38. The fourth-order valence-corrected chi connectivity index (χ4v) is 4.44. The van der Waals surface area contributed by atoms with E-state index in [9.17, 15) is 0 Å². The van der Waals surface area contributed by atoms with Crippen LogP contribution in [0.2, 0.25) is 0 Å². The lowest BCUT2D eigenvalue weighted by Gasteiger charge is -2.35. The van der Waals surface area contributed by atoms with E-state index in [4.69, 9.17) is 0 Å². The minimum Gasteiger partial charge on any atom is -0.357 e. The Morgan fingerprint density at radius 1 is 1.00 bits per heavy atom. The van der Waals surface area contributed by atoms with E-state index in [0.717, 1.165) is 25.3 Å². The zero-order valence-corrected chi connectivity index (χ0v) is 17.1. The number of aromatic nitrogens is 5. The number of hydrogen-bond donors (Lipinski definition) is 1. The minimum absolute atomic E-state index is 0.00462. The van der Waals surface area contributed by atoms with Gasteiger partial charge < -0.3 is 4.98 Å². The lowest BCUT2D eigenvalue weighted by atomic mass is 9.97. The molecule has 0 spiro atoms. The molecule has 1 N–H and O–H groups in total. The number of nitrogens with one attached hydrogen (secondary N) is 1. The smallest absolute Gasteiger partial charge is 0.173 e. The third kappa shape index (κ3) is 3.13. The van der Waals surface area contributed by atoms with E-state index in [1.165, 1.54) is 27.7 Å². The average molecular weight is 387 g/mol. The van der Waals surface area contributed by atoms with Gasteiger partial charge in [-0.25, -0.2) is 4.68 Å². The van der Waals surface area contributed by atoms with Crippen LogP contribution in [0.15, 0.2) is 54.6 Å². The summed E-state index contributed by atoms with van der Waals surface area (Å²) in [4.78, 5) is 6.13. The molecule has 1 unspecified atom stereocenters. The molecule has 6 nitrogen and oxygen atoms in total. The SMILES string of the molecule is CC(C)(C)n1nnnc1C(c1ccccc1)N1CCc2c([nH]c3ccccc23)C1. The summed E-state index contributed by atoms with van der Waals surface area (Å²) in [6, 6.07) is 19.2. The highest BCUT2D eigenvalue weighted by Crippen LogP contribution is 2.35. The maximum Gasteiger partial charge on any atom is 0.173 e. The summed E-state index contributed by atoms with van der Waals surface area (Å²) in [6.07, 6.45) is 1.01. The molecule has 6 heteroatoms. The van der Waals surface area contributed by atoms with Crippen molar-refractivity contribution in [1.29, 1.82) is 0 Å². The van der Waals surface area contributed by atoms with Crippen molar-refractivity contribution in [3.63, 3.8) is 0 Å². The molecule has 1 aliphatic heterocycles. The number of fused-ring (bicyclic) bond motifs is 3. The van der Waals surface area contributed by atoms with Crippen molar-refractivity contribution in [2.75, 3.05) is 6.54 Å². The summed E-state index contributed by atoms with van der Waals surface area (Å²) in [7, 11) is 0. The first-order chi connectivity index (χ1) is 14.0. The van der Waals surface area contributed by atoms with Crippen LogP contribution in [0.5, 0.6) is 0 Å². The summed E-state index contributed by atoms with van der Waals surface area (Å²) < 4.78 is 1.96. The van der Waals surface area contributed by atoms with Gasteiger partial charge in [-0.05, 0) is 54.8 Å². The van der Waals surface area contributed by atoms with Crippen molar-refractivity contribution < 1.29 is 0 Å². The molecule has 0 aliphatic carbocycles. The van der Waals surface area contributed by atoms with Crippen LogP contribution in [0.25, 0.3) is 10.9 Å². The number of benzene rings is 2. The predicted molar refractivity (Wildman–Crippen MR) is 114 cm³/mol. The number of nitrogens with zero attached hydrogens (tertiary/aromatic N) is 5. The Balaban J connectivity index is 1.59. The second-order valence-corrected chi connectivity index (χ2v) is 8.78. The first kappa shape index (κ1) is 18.1. The number of aromatic amines is 1. The monoisotopic (exact) mass is 386 g/mol. The van der Waals surface area contributed by atoms with Crippen LogP contribution in [0.4, 0.5) is 0 Å². The Morgan fingerprint density at radius 2 is 1.76 bits per heavy atom. The van der Waals surface area contributed by atoms with Crippen LogP contribution in [0.1, 0.15) is 49.5 Å². The van der Waals surface area contributed by atoms with Crippen LogP contribution in [-0.4, -0.2) is 36.6 Å². The molecule has 0 radical (unpaired) electrons.